The summed E-state index contributed by atoms with van der Waals surface area (Å²) in [4.78, 5) is 12.5. The van der Waals surface area contributed by atoms with E-state index >= 15 is 0 Å². The molecule has 1 N–H and O–H groups in total. The second-order valence-electron chi connectivity index (χ2n) is 7.42. The van der Waals surface area contributed by atoms with Gasteiger partial charge >= 0.3 is 12.0 Å². The fraction of sp³-hybridized carbons (Fsp3) is 0.350. The quantitative estimate of drug-likeness (QED) is 0.606. The molecule has 0 aromatic heterocycles. The van der Waals surface area contributed by atoms with Crippen molar-refractivity contribution in [3.05, 3.63) is 48.0 Å². The van der Waals surface area contributed by atoms with E-state index in [1.165, 1.54) is 13.2 Å². The minimum absolute atomic E-state index is 0.137. The third kappa shape index (κ3) is 4.60. The Morgan fingerprint density at radius 3 is 2.28 bits per heavy atom. The normalized spacial score (nSPS) is 18.3. The SMILES string of the molecule is COc1cccc(OC(=O)N[C@@]2(C(Cl)(Cl)Cl)Oc3ccc(C(C)(C)C)cc3O2)c1. The summed E-state index contributed by atoms with van der Waals surface area (Å²) in [6, 6.07) is 11.8. The number of hydrogen-bond acceptors (Lipinski definition) is 5. The Labute approximate surface area is 183 Å². The average molecular weight is 461 g/mol. The Morgan fingerprint density at radius 1 is 1.00 bits per heavy atom. The Hall–Kier alpha value is -2.02. The summed E-state index contributed by atoms with van der Waals surface area (Å²) in [6.45, 7) is 6.16. The van der Waals surface area contributed by atoms with Gasteiger partial charge in [0.05, 0.1) is 7.11 Å². The second kappa shape index (κ2) is 7.67. The zero-order valence-corrected chi connectivity index (χ0v) is 18.5. The van der Waals surface area contributed by atoms with Crippen LogP contribution in [-0.4, -0.2) is 22.9 Å². The van der Waals surface area contributed by atoms with Gasteiger partial charge in [0, 0.05) is 6.07 Å². The highest BCUT2D eigenvalue weighted by Crippen LogP contribution is 2.49. The van der Waals surface area contributed by atoms with Gasteiger partial charge in [-0.1, -0.05) is 67.7 Å². The molecular weight excluding hydrogens is 441 g/mol. The standard InChI is InChI=1S/C20H20Cl3NO5/c1-18(2,3)12-8-9-15-16(10-12)29-20(28-15,19(21,22)23)24-17(25)27-14-7-5-6-13(11-14)26-4/h5-11H,1-4H3,(H,24,25)/t20-/m0/s1. The molecule has 6 nitrogen and oxygen atoms in total. The molecule has 3 rings (SSSR count). The van der Waals surface area contributed by atoms with Gasteiger partial charge in [-0.25, -0.2) is 10.1 Å². The molecule has 156 valence electrons. The van der Waals surface area contributed by atoms with Crippen LogP contribution < -0.4 is 24.3 Å². The minimum atomic E-state index is -2.17. The topological polar surface area (TPSA) is 66.0 Å². The fourth-order valence-electron chi connectivity index (χ4n) is 2.64. The third-order valence-corrected chi connectivity index (χ3v) is 4.96. The Bertz CT molecular complexity index is 923. The molecule has 0 aliphatic carbocycles. The van der Waals surface area contributed by atoms with Gasteiger partial charge in [-0.3, -0.25) is 0 Å². The lowest BCUT2D eigenvalue weighted by atomic mass is 9.87. The highest BCUT2D eigenvalue weighted by molar-refractivity contribution is 6.68. The highest BCUT2D eigenvalue weighted by atomic mass is 35.6. The summed E-state index contributed by atoms with van der Waals surface area (Å²) in [5.41, 5.74) is 0.849. The van der Waals surface area contributed by atoms with Crippen LogP contribution in [-0.2, 0) is 5.41 Å². The lowest BCUT2D eigenvalue weighted by molar-refractivity contribution is -0.0964. The van der Waals surface area contributed by atoms with Crippen molar-refractivity contribution in [3.63, 3.8) is 0 Å². The van der Waals surface area contributed by atoms with E-state index in [0.717, 1.165) is 5.56 Å². The minimum Gasteiger partial charge on any atom is -0.497 e. The van der Waals surface area contributed by atoms with Crippen molar-refractivity contribution < 1.29 is 23.7 Å². The van der Waals surface area contributed by atoms with Crippen molar-refractivity contribution in [1.82, 2.24) is 5.32 Å². The first-order valence-corrected chi connectivity index (χ1v) is 9.80. The molecule has 0 fully saturated rings. The number of alkyl halides is 3. The Kier molecular flexibility index (Phi) is 5.73. The van der Waals surface area contributed by atoms with E-state index in [1.807, 2.05) is 6.07 Å². The number of carbonyl (C=O) groups excluding carboxylic acids is 1. The summed E-state index contributed by atoms with van der Waals surface area (Å²) in [5, 5.41) is 2.38. The summed E-state index contributed by atoms with van der Waals surface area (Å²) >= 11 is 18.3. The maximum absolute atomic E-state index is 12.5. The van der Waals surface area contributed by atoms with Gasteiger partial charge in [0.15, 0.2) is 11.5 Å². The highest BCUT2D eigenvalue weighted by Gasteiger charge is 2.60. The fourth-order valence-corrected chi connectivity index (χ4v) is 3.01. The van der Waals surface area contributed by atoms with Crippen molar-refractivity contribution in [2.24, 2.45) is 0 Å². The molecule has 29 heavy (non-hydrogen) atoms. The van der Waals surface area contributed by atoms with Crippen molar-refractivity contribution >= 4 is 40.9 Å². The van der Waals surface area contributed by atoms with Crippen LogP contribution in [0.25, 0.3) is 0 Å². The molecule has 0 bridgehead atoms. The molecule has 0 saturated heterocycles. The number of nitrogens with one attached hydrogen (secondary N) is 1. The molecule has 0 radical (unpaired) electrons. The second-order valence-corrected chi connectivity index (χ2v) is 9.70. The summed E-state index contributed by atoms with van der Waals surface area (Å²) < 4.78 is 19.7. The molecule has 1 aliphatic rings. The lowest BCUT2D eigenvalue weighted by Gasteiger charge is -2.33. The van der Waals surface area contributed by atoms with Crippen molar-refractivity contribution in [1.29, 1.82) is 0 Å². The molecule has 2 aromatic rings. The number of benzene rings is 2. The Balaban J connectivity index is 1.84. The van der Waals surface area contributed by atoms with E-state index in [0.29, 0.717) is 17.2 Å². The zero-order valence-electron chi connectivity index (χ0n) is 16.2. The summed E-state index contributed by atoms with van der Waals surface area (Å²) in [7, 11) is 1.50. The lowest BCUT2D eigenvalue weighted by Crippen LogP contribution is -2.64. The van der Waals surface area contributed by atoms with E-state index in [-0.39, 0.29) is 11.2 Å². The Morgan fingerprint density at radius 2 is 1.66 bits per heavy atom. The van der Waals surface area contributed by atoms with E-state index in [4.69, 9.17) is 53.8 Å². The van der Waals surface area contributed by atoms with Gasteiger partial charge in [0.25, 0.3) is 3.79 Å². The summed E-state index contributed by atoms with van der Waals surface area (Å²) in [5.74, 6) is -0.697. The van der Waals surface area contributed by atoms with Crippen LogP contribution in [0, 0.1) is 0 Å². The maximum atomic E-state index is 12.5. The van der Waals surface area contributed by atoms with Gasteiger partial charge in [-0.15, -0.1) is 0 Å². The van der Waals surface area contributed by atoms with Crippen LogP contribution in [0.2, 0.25) is 0 Å². The van der Waals surface area contributed by atoms with E-state index < -0.39 is 15.8 Å². The van der Waals surface area contributed by atoms with Crippen LogP contribution in [0.4, 0.5) is 4.79 Å². The van der Waals surface area contributed by atoms with Gasteiger partial charge in [-0.05, 0) is 35.2 Å². The number of hydrogen-bond donors (Lipinski definition) is 1. The number of ether oxygens (including phenoxy) is 4. The van der Waals surface area contributed by atoms with Gasteiger partial charge in [-0.2, -0.15) is 0 Å². The molecule has 1 aliphatic heterocycles. The first-order chi connectivity index (χ1) is 13.4. The van der Waals surface area contributed by atoms with Crippen molar-refractivity contribution in [3.8, 4) is 23.0 Å². The molecule has 9 heteroatoms. The third-order valence-electron chi connectivity index (χ3n) is 4.21. The first-order valence-electron chi connectivity index (χ1n) is 8.67. The molecule has 1 amide bonds. The number of halogens is 3. The zero-order chi connectivity index (χ0) is 21.4. The van der Waals surface area contributed by atoms with Crippen LogP contribution in [0.1, 0.15) is 26.3 Å². The van der Waals surface area contributed by atoms with Crippen molar-refractivity contribution in [2.45, 2.75) is 35.9 Å². The molecule has 1 heterocycles. The van der Waals surface area contributed by atoms with E-state index in [9.17, 15) is 4.79 Å². The smallest absolute Gasteiger partial charge is 0.418 e. The average Bonchev–Trinajstić information content (AvgIpc) is 2.99. The van der Waals surface area contributed by atoms with Gasteiger partial charge in [0.1, 0.15) is 11.5 Å². The summed E-state index contributed by atoms with van der Waals surface area (Å²) in [6.07, 6.45) is -0.937. The van der Waals surface area contributed by atoms with Gasteiger partial charge < -0.3 is 18.9 Å². The maximum Gasteiger partial charge on any atom is 0.418 e. The van der Waals surface area contributed by atoms with Crippen LogP contribution in [0.15, 0.2) is 42.5 Å². The molecule has 1 atom stereocenters. The van der Waals surface area contributed by atoms with Crippen LogP contribution >= 0.6 is 34.8 Å². The predicted molar refractivity (Wildman–Crippen MR) is 112 cm³/mol. The van der Waals surface area contributed by atoms with Gasteiger partial charge in [0.2, 0.25) is 0 Å². The predicted octanol–water partition coefficient (Wildman–Crippen LogP) is 5.58. The largest absolute Gasteiger partial charge is 0.497 e. The van der Waals surface area contributed by atoms with E-state index in [2.05, 4.69) is 26.1 Å². The number of amides is 1. The van der Waals surface area contributed by atoms with Crippen LogP contribution in [0.3, 0.4) is 0 Å². The molecule has 0 saturated carbocycles. The molecule has 2 aromatic carbocycles. The monoisotopic (exact) mass is 459 g/mol. The molecule has 0 spiro atoms. The molecule has 0 unspecified atom stereocenters. The van der Waals surface area contributed by atoms with Crippen LogP contribution in [0.5, 0.6) is 23.0 Å². The number of fused-ring (bicyclic) bond motifs is 1. The molecular formula is C20H20Cl3NO5. The number of methoxy groups -OCH3 is 1. The van der Waals surface area contributed by atoms with E-state index in [1.54, 1.807) is 30.3 Å². The first kappa shape index (κ1) is 21.7. The van der Waals surface area contributed by atoms with Crippen molar-refractivity contribution in [2.75, 3.05) is 7.11 Å². The number of carbonyl (C=O) groups is 1. The number of rotatable bonds is 3.